The van der Waals surface area contributed by atoms with Crippen molar-refractivity contribution in [2.24, 2.45) is 0 Å². The fourth-order valence-electron chi connectivity index (χ4n) is 2.48. The first-order chi connectivity index (χ1) is 9.22. The first kappa shape index (κ1) is 11.5. The van der Waals surface area contributed by atoms with E-state index in [9.17, 15) is 9.90 Å². The topological polar surface area (TPSA) is 42.2 Å². The van der Waals surface area contributed by atoms with Gasteiger partial charge in [0.1, 0.15) is 5.75 Å². The highest BCUT2D eigenvalue weighted by Gasteiger charge is 2.13. The lowest BCUT2D eigenvalue weighted by molar-refractivity contribution is 0.112. The van der Waals surface area contributed by atoms with Gasteiger partial charge in [-0.05, 0) is 37.3 Å². The molecule has 1 heterocycles. The smallest absolute Gasteiger partial charge is 0.152 e. The molecule has 0 radical (unpaired) electrons. The molecule has 0 aliphatic rings. The molecule has 0 spiro atoms. The molecule has 19 heavy (non-hydrogen) atoms. The van der Waals surface area contributed by atoms with Crippen molar-refractivity contribution in [3.8, 4) is 11.4 Å². The maximum atomic E-state index is 11.3. The minimum Gasteiger partial charge on any atom is -0.508 e. The number of benzene rings is 2. The molecule has 0 aliphatic carbocycles. The van der Waals surface area contributed by atoms with Gasteiger partial charge in [0, 0.05) is 22.3 Å². The van der Waals surface area contributed by atoms with Crippen molar-refractivity contribution in [3.63, 3.8) is 0 Å². The summed E-state index contributed by atoms with van der Waals surface area (Å²) in [5, 5.41) is 10.3. The van der Waals surface area contributed by atoms with Gasteiger partial charge in [0.05, 0.1) is 5.52 Å². The molecule has 1 N–H and O–H groups in total. The molecule has 0 aliphatic heterocycles. The van der Waals surface area contributed by atoms with E-state index in [4.69, 9.17) is 0 Å². The number of carbonyl (C=O) groups excluding carboxylic acids is 1. The third-order valence-electron chi connectivity index (χ3n) is 3.39. The van der Waals surface area contributed by atoms with Gasteiger partial charge in [-0.2, -0.15) is 0 Å². The van der Waals surface area contributed by atoms with Gasteiger partial charge >= 0.3 is 0 Å². The molecular weight excluding hydrogens is 238 g/mol. The van der Waals surface area contributed by atoms with Crippen LogP contribution in [-0.2, 0) is 0 Å². The summed E-state index contributed by atoms with van der Waals surface area (Å²) in [5.41, 5.74) is 3.54. The fraction of sp³-hybridized carbons (Fsp3) is 0.0625. The second-order valence-corrected chi connectivity index (χ2v) is 4.49. The maximum absolute atomic E-state index is 11.3. The minimum atomic E-state index is 0.230. The largest absolute Gasteiger partial charge is 0.508 e. The van der Waals surface area contributed by atoms with Crippen molar-refractivity contribution in [2.45, 2.75) is 6.92 Å². The number of phenols is 1. The van der Waals surface area contributed by atoms with Crippen LogP contribution in [0, 0.1) is 6.92 Å². The van der Waals surface area contributed by atoms with Crippen LogP contribution >= 0.6 is 0 Å². The Morgan fingerprint density at radius 1 is 1.05 bits per heavy atom. The third-order valence-corrected chi connectivity index (χ3v) is 3.39. The predicted molar refractivity (Wildman–Crippen MR) is 75.1 cm³/mol. The van der Waals surface area contributed by atoms with Crippen molar-refractivity contribution in [1.29, 1.82) is 0 Å². The van der Waals surface area contributed by atoms with Crippen molar-refractivity contribution in [1.82, 2.24) is 4.57 Å². The SMILES string of the molecule is Cc1c(C=O)c2ccccc2n1-c1ccc(O)cc1. The van der Waals surface area contributed by atoms with Gasteiger partial charge in [-0.1, -0.05) is 18.2 Å². The van der Waals surface area contributed by atoms with Crippen molar-refractivity contribution >= 4 is 17.2 Å². The second-order valence-electron chi connectivity index (χ2n) is 4.49. The Bertz CT molecular complexity index is 754. The first-order valence-corrected chi connectivity index (χ1v) is 6.07. The number of fused-ring (bicyclic) bond motifs is 1. The lowest BCUT2D eigenvalue weighted by Gasteiger charge is -2.08. The zero-order valence-electron chi connectivity index (χ0n) is 10.5. The second kappa shape index (κ2) is 4.28. The van der Waals surface area contributed by atoms with Gasteiger partial charge in [-0.3, -0.25) is 4.79 Å². The van der Waals surface area contributed by atoms with E-state index in [1.165, 1.54) is 0 Å². The minimum absolute atomic E-state index is 0.230. The number of nitrogens with zero attached hydrogens (tertiary/aromatic N) is 1. The van der Waals surface area contributed by atoms with Crippen LogP contribution in [0.2, 0.25) is 0 Å². The van der Waals surface area contributed by atoms with Crippen molar-refractivity contribution in [3.05, 3.63) is 59.8 Å². The Kier molecular flexibility index (Phi) is 2.60. The molecule has 1 aromatic heterocycles. The van der Waals surface area contributed by atoms with E-state index in [0.717, 1.165) is 28.6 Å². The van der Waals surface area contributed by atoms with Crippen LogP contribution in [-0.4, -0.2) is 16.0 Å². The third kappa shape index (κ3) is 1.71. The molecule has 94 valence electrons. The predicted octanol–water partition coefficient (Wildman–Crippen LogP) is 3.46. The molecule has 3 aromatic rings. The van der Waals surface area contributed by atoms with E-state index >= 15 is 0 Å². The number of phenolic OH excluding ortho intramolecular Hbond substituents is 1. The molecule has 0 saturated carbocycles. The number of aromatic nitrogens is 1. The molecule has 0 amide bonds. The monoisotopic (exact) mass is 251 g/mol. The molecule has 0 unspecified atom stereocenters. The van der Waals surface area contributed by atoms with Crippen LogP contribution in [0.1, 0.15) is 16.1 Å². The number of carbonyl (C=O) groups is 1. The quantitative estimate of drug-likeness (QED) is 0.709. The van der Waals surface area contributed by atoms with Gasteiger partial charge in [-0.25, -0.2) is 0 Å². The Hall–Kier alpha value is -2.55. The number of hydrogen-bond acceptors (Lipinski definition) is 2. The zero-order chi connectivity index (χ0) is 13.4. The van der Waals surface area contributed by atoms with E-state index in [1.807, 2.05) is 47.9 Å². The maximum Gasteiger partial charge on any atom is 0.152 e. The standard InChI is InChI=1S/C16H13NO2/c1-11-15(10-18)14-4-2-3-5-16(14)17(11)12-6-8-13(19)9-7-12/h2-10,19H,1H3. The lowest BCUT2D eigenvalue weighted by atomic mass is 10.1. The Morgan fingerprint density at radius 3 is 2.42 bits per heavy atom. The Labute approximate surface area is 110 Å². The van der Waals surface area contributed by atoms with Crippen LogP contribution < -0.4 is 0 Å². The summed E-state index contributed by atoms with van der Waals surface area (Å²) in [6, 6.07) is 14.8. The highest BCUT2D eigenvalue weighted by molar-refractivity contribution is 6.00. The number of aromatic hydroxyl groups is 1. The molecule has 0 atom stereocenters. The number of hydrogen-bond donors (Lipinski definition) is 1. The Balaban J connectivity index is 2.37. The Morgan fingerprint density at radius 2 is 1.74 bits per heavy atom. The van der Waals surface area contributed by atoms with Crippen molar-refractivity contribution in [2.75, 3.05) is 0 Å². The van der Waals surface area contributed by atoms with Crippen LogP contribution in [0.3, 0.4) is 0 Å². The van der Waals surface area contributed by atoms with Gasteiger partial charge in [0.2, 0.25) is 0 Å². The molecule has 2 aromatic carbocycles. The molecule has 0 bridgehead atoms. The summed E-state index contributed by atoms with van der Waals surface area (Å²) < 4.78 is 2.03. The van der Waals surface area contributed by atoms with Crippen LogP contribution in [0.4, 0.5) is 0 Å². The highest BCUT2D eigenvalue weighted by Crippen LogP contribution is 2.28. The molecule has 3 nitrogen and oxygen atoms in total. The van der Waals surface area contributed by atoms with Crippen LogP contribution in [0.25, 0.3) is 16.6 Å². The van der Waals surface area contributed by atoms with E-state index < -0.39 is 0 Å². The lowest BCUT2D eigenvalue weighted by Crippen LogP contribution is -1.96. The van der Waals surface area contributed by atoms with Crippen molar-refractivity contribution < 1.29 is 9.90 Å². The average Bonchev–Trinajstić information content (AvgIpc) is 2.71. The first-order valence-electron chi connectivity index (χ1n) is 6.07. The molecule has 3 rings (SSSR count). The molecule has 0 saturated heterocycles. The summed E-state index contributed by atoms with van der Waals surface area (Å²) in [6.07, 6.45) is 0.897. The van der Waals surface area contributed by atoms with Crippen LogP contribution in [0.15, 0.2) is 48.5 Å². The summed E-state index contributed by atoms with van der Waals surface area (Å²) >= 11 is 0. The number of rotatable bonds is 2. The summed E-state index contributed by atoms with van der Waals surface area (Å²) in [5.74, 6) is 0.230. The molecular formula is C16H13NO2. The highest BCUT2D eigenvalue weighted by atomic mass is 16.3. The van der Waals surface area contributed by atoms with E-state index in [1.54, 1.807) is 12.1 Å². The van der Waals surface area contributed by atoms with E-state index in [0.29, 0.717) is 5.56 Å². The van der Waals surface area contributed by atoms with Gasteiger partial charge in [-0.15, -0.1) is 0 Å². The number of para-hydroxylation sites is 1. The molecule has 3 heteroatoms. The molecule has 0 fully saturated rings. The normalized spacial score (nSPS) is 10.8. The van der Waals surface area contributed by atoms with Gasteiger partial charge < -0.3 is 9.67 Å². The summed E-state index contributed by atoms with van der Waals surface area (Å²) in [6.45, 7) is 1.93. The van der Waals surface area contributed by atoms with E-state index in [-0.39, 0.29) is 5.75 Å². The van der Waals surface area contributed by atoms with E-state index in [2.05, 4.69) is 0 Å². The summed E-state index contributed by atoms with van der Waals surface area (Å²) in [4.78, 5) is 11.3. The summed E-state index contributed by atoms with van der Waals surface area (Å²) in [7, 11) is 0. The van der Waals surface area contributed by atoms with Gasteiger partial charge in [0.25, 0.3) is 0 Å². The average molecular weight is 251 g/mol. The fourth-order valence-corrected chi connectivity index (χ4v) is 2.48. The zero-order valence-corrected chi connectivity index (χ0v) is 10.5. The van der Waals surface area contributed by atoms with Gasteiger partial charge in [0.15, 0.2) is 6.29 Å². The van der Waals surface area contributed by atoms with Crippen LogP contribution in [0.5, 0.6) is 5.75 Å². The number of aldehydes is 1.